The molecule has 2 saturated heterocycles. The number of pyridine rings is 1. The van der Waals surface area contributed by atoms with Crippen LogP contribution >= 0.6 is 12.2 Å². The first-order chi connectivity index (χ1) is 17.5. The summed E-state index contributed by atoms with van der Waals surface area (Å²) >= 11 is 5.76. The highest BCUT2D eigenvalue weighted by molar-refractivity contribution is 7.80. The Balaban J connectivity index is 1.46. The molecule has 188 valence electrons. The Hall–Kier alpha value is -3.54. The minimum absolute atomic E-state index is 0.0442. The van der Waals surface area contributed by atoms with Gasteiger partial charge in [0.05, 0.1) is 48.6 Å². The Morgan fingerprint density at radius 2 is 2.03 bits per heavy atom. The third-order valence-electron chi connectivity index (χ3n) is 6.54. The average Bonchev–Trinajstić information content (AvgIpc) is 3.52. The number of nitro benzene ring substituents is 1. The molecule has 0 radical (unpaired) electrons. The van der Waals surface area contributed by atoms with Crippen LogP contribution in [-0.4, -0.2) is 71.3 Å². The van der Waals surface area contributed by atoms with Crippen molar-refractivity contribution >= 4 is 23.0 Å². The van der Waals surface area contributed by atoms with E-state index in [1.807, 2.05) is 30.3 Å². The molecule has 0 unspecified atom stereocenters. The molecule has 0 spiro atoms. The number of morpholine rings is 1. The molecule has 2 aromatic heterocycles. The van der Waals surface area contributed by atoms with Gasteiger partial charge >= 0.3 is 0 Å². The molecule has 0 bridgehead atoms. The number of aromatic nitrogens is 1. The highest BCUT2D eigenvalue weighted by Gasteiger charge is 2.41. The number of nitro groups is 1. The molecule has 2 atom stereocenters. The van der Waals surface area contributed by atoms with Gasteiger partial charge in [0.1, 0.15) is 23.3 Å². The van der Waals surface area contributed by atoms with Crippen LogP contribution in [0.3, 0.4) is 0 Å². The first-order valence-electron chi connectivity index (χ1n) is 11.8. The lowest BCUT2D eigenvalue weighted by Gasteiger charge is -2.31. The van der Waals surface area contributed by atoms with Crippen molar-refractivity contribution in [2.45, 2.75) is 12.1 Å². The predicted molar refractivity (Wildman–Crippen MR) is 137 cm³/mol. The lowest BCUT2D eigenvalue weighted by atomic mass is 10.0. The number of nitrogens with zero attached hydrogens (tertiary/aromatic N) is 4. The molecular weight excluding hydrogens is 482 g/mol. The molecule has 0 aliphatic carbocycles. The molecule has 4 heterocycles. The first-order valence-corrected chi connectivity index (χ1v) is 12.2. The Labute approximate surface area is 214 Å². The molecule has 36 heavy (non-hydrogen) atoms. The Bertz CT molecular complexity index is 1230. The van der Waals surface area contributed by atoms with Crippen LogP contribution in [0.4, 0.5) is 5.69 Å². The largest absolute Gasteiger partial charge is 0.496 e. The molecule has 1 N–H and O–H groups in total. The van der Waals surface area contributed by atoms with Crippen molar-refractivity contribution in [3.8, 4) is 17.1 Å². The summed E-state index contributed by atoms with van der Waals surface area (Å²) in [4.78, 5) is 19.8. The second-order valence-corrected chi connectivity index (χ2v) is 9.00. The minimum atomic E-state index is -0.450. The second-order valence-electron chi connectivity index (χ2n) is 8.62. The zero-order valence-corrected chi connectivity index (χ0v) is 20.6. The van der Waals surface area contributed by atoms with Gasteiger partial charge in [0, 0.05) is 38.4 Å². The normalized spacial score (nSPS) is 20.4. The Kier molecular flexibility index (Phi) is 7.12. The molecule has 3 aromatic rings. The number of nitrogens with one attached hydrogen (secondary N) is 1. The third kappa shape index (κ3) is 4.90. The topological polar surface area (TPSA) is 106 Å². The quantitative estimate of drug-likeness (QED) is 0.275. The van der Waals surface area contributed by atoms with Crippen molar-refractivity contribution < 1.29 is 18.8 Å². The summed E-state index contributed by atoms with van der Waals surface area (Å²) in [5, 5.41) is 15.3. The monoisotopic (exact) mass is 509 g/mol. The van der Waals surface area contributed by atoms with Gasteiger partial charge in [0.2, 0.25) is 0 Å². The van der Waals surface area contributed by atoms with Crippen LogP contribution in [0, 0.1) is 10.1 Å². The van der Waals surface area contributed by atoms with E-state index >= 15 is 0 Å². The van der Waals surface area contributed by atoms with Crippen molar-refractivity contribution in [1.29, 1.82) is 0 Å². The van der Waals surface area contributed by atoms with Crippen LogP contribution in [0.1, 0.15) is 23.5 Å². The summed E-state index contributed by atoms with van der Waals surface area (Å²) in [5.74, 6) is 1.65. The van der Waals surface area contributed by atoms with E-state index in [-0.39, 0.29) is 17.8 Å². The van der Waals surface area contributed by atoms with Crippen molar-refractivity contribution in [2.24, 2.45) is 0 Å². The third-order valence-corrected chi connectivity index (χ3v) is 6.89. The van der Waals surface area contributed by atoms with E-state index < -0.39 is 4.92 Å². The molecule has 2 aliphatic heterocycles. The maximum absolute atomic E-state index is 11.2. The zero-order chi connectivity index (χ0) is 25.1. The number of furan rings is 1. The van der Waals surface area contributed by atoms with Gasteiger partial charge in [0.15, 0.2) is 5.11 Å². The molecule has 2 aliphatic rings. The van der Waals surface area contributed by atoms with E-state index in [4.69, 9.17) is 26.1 Å². The molecule has 11 heteroatoms. The summed E-state index contributed by atoms with van der Waals surface area (Å²) in [5.41, 5.74) is 1.46. The summed E-state index contributed by atoms with van der Waals surface area (Å²) in [6.45, 7) is 4.83. The lowest BCUT2D eigenvalue weighted by molar-refractivity contribution is -0.384. The highest BCUT2D eigenvalue weighted by Crippen LogP contribution is 2.42. The summed E-state index contributed by atoms with van der Waals surface area (Å²) in [6, 6.07) is 13.7. The fourth-order valence-corrected chi connectivity index (χ4v) is 5.01. The number of ether oxygens (including phenoxy) is 2. The van der Waals surface area contributed by atoms with Gasteiger partial charge in [-0.05, 0) is 42.5 Å². The molecule has 0 saturated carbocycles. The van der Waals surface area contributed by atoms with Gasteiger partial charge in [-0.15, -0.1) is 0 Å². The number of hydrogen-bond donors (Lipinski definition) is 1. The van der Waals surface area contributed by atoms with Gasteiger partial charge in [-0.25, -0.2) is 0 Å². The van der Waals surface area contributed by atoms with Crippen molar-refractivity contribution in [3.05, 3.63) is 76.3 Å². The standard InChI is InChI=1S/C25H27N5O5S/c1-33-22-16-17(30(31)32)5-6-18(22)20-7-8-21(35-20)24-23(19-4-2-3-9-26-19)27-25(36)29(24)11-10-28-12-14-34-15-13-28/h2-9,16,23-24H,10-15H2,1H3,(H,27,36)/t23-,24-/m0/s1. The van der Waals surface area contributed by atoms with Crippen molar-refractivity contribution in [1.82, 2.24) is 20.1 Å². The zero-order valence-electron chi connectivity index (χ0n) is 19.8. The average molecular weight is 510 g/mol. The lowest BCUT2D eigenvalue weighted by Crippen LogP contribution is -2.42. The van der Waals surface area contributed by atoms with Gasteiger partial charge in [-0.2, -0.15) is 0 Å². The fourth-order valence-electron chi connectivity index (χ4n) is 4.68. The van der Waals surface area contributed by atoms with Crippen LogP contribution < -0.4 is 10.1 Å². The minimum Gasteiger partial charge on any atom is -0.496 e. The predicted octanol–water partition coefficient (Wildman–Crippen LogP) is 3.56. The number of non-ortho nitro benzene ring substituents is 1. The molecule has 5 rings (SSSR count). The van der Waals surface area contributed by atoms with Crippen LogP contribution in [0.5, 0.6) is 5.75 Å². The SMILES string of the molecule is COc1cc([N+](=O)[O-])ccc1-c1ccc([C@H]2[C@H](c3ccccn3)NC(=S)N2CCN2CCOCC2)o1. The smallest absolute Gasteiger partial charge is 0.273 e. The Morgan fingerprint density at radius 3 is 2.75 bits per heavy atom. The van der Waals surface area contributed by atoms with E-state index in [9.17, 15) is 10.1 Å². The maximum atomic E-state index is 11.2. The van der Waals surface area contributed by atoms with Crippen molar-refractivity contribution in [2.75, 3.05) is 46.5 Å². The number of benzene rings is 1. The molecule has 0 amide bonds. The van der Waals surface area contributed by atoms with Crippen LogP contribution in [-0.2, 0) is 4.74 Å². The van der Waals surface area contributed by atoms with E-state index in [0.29, 0.717) is 22.2 Å². The van der Waals surface area contributed by atoms with E-state index in [1.165, 1.54) is 19.2 Å². The maximum Gasteiger partial charge on any atom is 0.273 e. The van der Waals surface area contributed by atoms with Crippen LogP contribution in [0.2, 0.25) is 0 Å². The fraction of sp³-hybridized carbons (Fsp3) is 0.360. The van der Waals surface area contributed by atoms with Gasteiger partial charge < -0.3 is 24.1 Å². The molecular formula is C25H27N5O5S. The number of hydrogen-bond acceptors (Lipinski definition) is 8. The summed E-state index contributed by atoms with van der Waals surface area (Å²) in [7, 11) is 1.48. The Morgan fingerprint density at radius 1 is 1.19 bits per heavy atom. The summed E-state index contributed by atoms with van der Waals surface area (Å²) in [6.07, 6.45) is 1.77. The van der Waals surface area contributed by atoms with Gasteiger partial charge in [0.25, 0.3) is 5.69 Å². The van der Waals surface area contributed by atoms with Gasteiger partial charge in [-0.1, -0.05) is 6.07 Å². The molecule has 10 nitrogen and oxygen atoms in total. The molecule has 2 fully saturated rings. The van der Waals surface area contributed by atoms with Crippen molar-refractivity contribution in [3.63, 3.8) is 0 Å². The van der Waals surface area contributed by atoms with E-state index in [0.717, 1.165) is 50.8 Å². The molecule has 1 aromatic carbocycles. The first kappa shape index (κ1) is 24.2. The number of rotatable bonds is 8. The van der Waals surface area contributed by atoms with E-state index in [1.54, 1.807) is 12.3 Å². The number of thiocarbonyl (C=S) groups is 1. The van der Waals surface area contributed by atoms with Crippen LogP contribution in [0.15, 0.2) is 59.1 Å². The second kappa shape index (κ2) is 10.6. The number of methoxy groups -OCH3 is 1. The van der Waals surface area contributed by atoms with Crippen LogP contribution in [0.25, 0.3) is 11.3 Å². The van der Waals surface area contributed by atoms with Gasteiger partial charge in [-0.3, -0.25) is 20.0 Å². The van der Waals surface area contributed by atoms with E-state index in [2.05, 4.69) is 20.1 Å². The highest BCUT2D eigenvalue weighted by atomic mass is 32.1. The summed E-state index contributed by atoms with van der Waals surface area (Å²) < 4.78 is 17.3.